The second kappa shape index (κ2) is 13.0. The van der Waals surface area contributed by atoms with Gasteiger partial charge in [0.05, 0.1) is 17.8 Å². The normalized spacial score (nSPS) is 17.6. The maximum atomic E-state index is 13.3. The van der Waals surface area contributed by atoms with Crippen LogP contribution >= 0.6 is 22.9 Å². The SMILES string of the molecule is Cc1cc(Cl)nc(C)c1C(=O)NCCC(C)N1CCC(N(Cc2ccsc2)C(=O)CN2CCCC2=O)CC1. The maximum absolute atomic E-state index is 13.3. The van der Waals surface area contributed by atoms with Gasteiger partial charge in [-0.3, -0.25) is 14.4 Å². The maximum Gasteiger partial charge on any atom is 0.253 e. The summed E-state index contributed by atoms with van der Waals surface area (Å²) < 4.78 is 0. The number of likely N-dealkylation sites (tertiary alicyclic amines) is 2. The second-order valence-electron chi connectivity index (χ2n) is 10.5. The minimum absolute atomic E-state index is 0.0444. The fraction of sp³-hybridized carbons (Fsp3) is 0.571. The highest BCUT2D eigenvalue weighted by molar-refractivity contribution is 7.07. The van der Waals surface area contributed by atoms with Crippen molar-refractivity contribution in [3.63, 3.8) is 0 Å². The Hall–Kier alpha value is -2.49. The van der Waals surface area contributed by atoms with Crippen LogP contribution in [0.1, 0.15) is 66.2 Å². The molecule has 2 aromatic rings. The van der Waals surface area contributed by atoms with Crippen LogP contribution < -0.4 is 5.32 Å². The predicted molar refractivity (Wildman–Crippen MR) is 150 cm³/mol. The topological polar surface area (TPSA) is 85.8 Å². The molecule has 4 heterocycles. The highest BCUT2D eigenvalue weighted by atomic mass is 35.5. The molecule has 1 unspecified atom stereocenters. The summed E-state index contributed by atoms with van der Waals surface area (Å²) in [6.07, 6.45) is 4.02. The van der Waals surface area contributed by atoms with Gasteiger partial charge in [-0.2, -0.15) is 11.3 Å². The van der Waals surface area contributed by atoms with Gasteiger partial charge in [0.25, 0.3) is 5.91 Å². The van der Waals surface area contributed by atoms with Gasteiger partial charge in [0.2, 0.25) is 11.8 Å². The van der Waals surface area contributed by atoms with Gasteiger partial charge in [-0.05, 0) is 80.5 Å². The first-order valence-corrected chi connectivity index (χ1v) is 14.8. The van der Waals surface area contributed by atoms with Crippen molar-refractivity contribution in [1.82, 2.24) is 25.0 Å². The lowest BCUT2D eigenvalue weighted by molar-refractivity contribution is -0.141. The molecule has 4 rings (SSSR count). The van der Waals surface area contributed by atoms with E-state index in [2.05, 4.69) is 33.6 Å². The van der Waals surface area contributed by atoms with Gasteiger partial charge in [0.1, 0.15) is 5.15 Å². The number of aryl methyl sites for hydroxylation is 2. The third-order valence-corrected chi connectivity index (χ3v) is 8.68. The standard InChI is InChI=1S/C28H38ClN5O3S/c1-19-15-24(29)31-21(3)27(19)28(37)30-10-6-20(2)32-12-7-23(8-13-32)34(16-22-9-14-38-18-22)26(36)17-33-11-4-5-25(33)35/h9,14-15,18,20,23H,4-8,10-13,16-17H2,1-3H3,(H,30,37). The number of thiophene rings is 1. The molecule has 10 heteroatoms. The molecule has 1 N–H and O–H groups in total. The number of hydrogen-bond acceptors (Lipinski definition) is 6. The van der Waals surface area contributed by atoms with E-state index in [-0.39, 0.29) is 30.3 Å². The van der Waals surface area contributed by atoms with E-state index in [1.165, 1.54) is 0 Å². The van der Waals surface area contributed by atoms with E-state index in [0.717, 1.165) is 49.9 Å². The second-order valence-corrected chi connectivity index (χ2v) is 11.6. The number of amides is 3. The molecular formula is C28H38ClN5O3S. The van der Waals surface area contributed by atoms with Gasteiger partial charge in [-0.15, -0.1) is 0 Å². The summed E-state index contributed by atoms with van der Waals surface area (Å²) in [5, 5.41) is 7.57. The molecule has 0 aromatic carbocycles. The van der Waals surface area contributed by atoms with E-state index in [1.54, 1.807) is 29.2 Å². The number of pyridine rings is 1. The Morgan fingerprint density at radius 3 is 2.66 bits per heavy atom. The summed E-state index contributed by atoms with van der Waals surface area (Å²) in [5.41, 5.74) is 3.20. The van der Waals surface area contributed by atoms with Crippen LogP contribution in [0.25, 0.3) is 0 Å². The molecule has 2 saturated heterocycles. The van der Waals surface area contributed by atoms with E-state index in [0.29, 0.717) is 48.5 Å². The third-order valence-electron chi connectivity index (χ3n) is 7.76. The highest BCUT2D eigenvalue weighted by Crippen LogP contribution is 2.23. The van der Waals surface area contributed by atoms with Crippen LogP contribution in [0, 0.1) is 13.8 Å². The number of nitrogens with zero attached hydrogens (tertiary/aromatic N) is 4. The first kappa shape index (κ1) is 28.5. The summed E-state index contributed by atoms with van der Waals surface area (Å²) in [6.45, 7) is 9.69. The Morgan fingerprint density at radius 2 is 2.03 bits per heavy atom. The Bertz CT molecular complexity index is 1110. The number of rotatable bonds is 10. The molecule has 0 bridgehead atoms. The van der Waals surface area contributed by atoms with E-state index in [9.17, 15) is 14.4 Å². The first-order chi connectivity index (χ1) is 18.2. The van der Waals surface area contributed by atoms with Crippen LogP contribution in [0.3, 0.4) is 0 Å². The lowest BCUT2D eigenvalue weighted by atomic mass is 10.00. The van der Waals surface area contributed by atoms with E-state index in [4.69, 9.17) is 11.6 Å². The van der Waals surface area contributed by atoms with Crippen LogP contribution in [-0.2, 0) is 16.1 Å². The average molecular weight is 560 g/mol. The van der Waals surface area contributed by atoms with Crippen molar-refractivity contribution in [3.05, 3.63) is 50.4 Å². The van der Waals surface area contributed by atoms with Crippen molar-refractivity contribution < 1.29 is 14.4 Å². The van der Waals surface area contributed by atoms with Gasteiger partial charge in [0.15, 0.2) is 0 Å². The minimum Gasteiger partial charge on any atom is -0.352 e. The largest absolute Gasteiger partial charge is 0.352 e. The molecule has 3 amide bonds. The fourth-order valence-corrected chi connectivity index (χ4v) is 6.51. The molecule has 2 aliphatic rings. The van der Waals surface area contributed by atoms with E-state index >= 15 is 0 Å². The zero-order valence-corrected chi connectivity index (χ0v) is 24.1. The number of nitrogens with one attached hydrogen (secondary N) is 1. The van der Waals surface area contributed by atoms with E-state index in [1.807, 2.05) is 17.2 Å². The smallest absolute Gasteiger partial charge is 0.253 e. The van der Waals surface area contributed by atoms with Crippen molar-refractivity contribution in [2.24, 2.45) is 0 Å². The predicted octanol–water partition coefficient (Wildman–Crippen LogP) is 4.04. The summed E-state index contributed by atoms with van der Waals surface area (Å²) >= 11 is 7.64. The summed E-state index contributed by atoms with van der Waals surface area (Å²) in [5.74, 6) is 0.0132. The van der Waals surface area contributed by atoms with Gasteiger partial charge < -0.3 is 20.0 Å². The first-order valence-electron chi connectivity index (χ1n) is 13.5. The molecule has 2 aromatic heterocycles. The van der Waals surface area contributed by atoms with Gasteiger partial charge >= 0.3 is 0 Å². The van der Waals surface area contributed by atoms with Gasteiger partial charge in [-0.25, -0.2) is 4.98 Å². The van der Waals surface area contributed by atoms with Crippen molar-refractivity contribution in [2.45, 2.75) is 71.5 Å². The average Bonchev–Trinajstić information content (AvgIpc) is 3.53. The van der Waals surface area contributed by atoms with E-state index < -0.39 is 0 Å². The Kier molecular flexibility index (Phi) is 9.79. The molecule has 2 aliphatic heterocycles. The van der Waals surface area contributed by atoms with Crippen molar-refractivity contribution in [3.8, 4) is 0 Å². The number of aromatic nitrogens is 1. The summed E-state index contributed by atoms with van der Waals surface area (Å²) in [6, 6.07) is 4.25. The number of piperidine rings is 1. The van der Waals surface area contributed by atoms with Crippen LogP contribution in [0.5, 0.6) is 0 Å². The molecule has 2 fully saturated rings. The number of halogens is 1. The van der Waals surface area contributed by atoms with Crippen LogP contribution in [0.4, 0.5) is 0 Å². The summed E-state index contributed by atoms with van der Waals surface area (Å²) in [7, 11) is 0. The Morgan fingerprint density at radius 1 is 1.26 bits per heavy atom. The van der Waals surface area contributed by atoms with Crippen molar-refractivity contribution >= 4 is 40.7 Å². The number of carbonyl (C=O) groups excluding carboxylic acids is 3. The molecule has 0 spiro atoms. The fourth-order valence-electron chi connectivity index (χ4n) is 5.56. The molecule has 38 heavy (non-hydrogen) atoms. The molecule has 0 saturated carbocycles. The lowest BCUT2D eigenvalue weighted by Gasteiger charge is -2.41. The van der Waals surface area contributed by atoms with Gasteiger partial charge in [-0.1, -0.05) is 11.6 Å². The van der Waals surface area contributed by atoms with Crippen molar-refractivity contribution in [1.29, 1.82) is 0 Å². The number of hydrogen-bond donors (Lipinski definition) is 1. The summed E-state index contributed by atoms with van der Waals surface area (Å²) in [4.78, 5) is 48.6. The Labute approximate surface area is 234 Å². The zero-order chi connectivity index (χ0) is 27.2. The quantitative estimate of drug-likeness (QED) is 0.444. The molecule has 8 nitrogen and oxygen atoms in total. The third kappa shape index (κ3) is 7.12. The molecule has 1 atom stereocenters. The molecule has 0 aliphatic carbocycles. The molecular weight excluding hydrogens is 522 g/mol. The highest BCUT2D eigenvalue weighted by Gasteiger charge is 2.32. The monoisotopic (exact) mass is 559 g/mol. The zero-order valence-electron chi connectivity index (χ0n) is 22.5. The molecule has 0 radical (unpaired) electrons. The number of carbonyl (C=O) groups is 3. The van der Waals surface area contributed by atoms with Crippen LogP contribution in [0.2, 0.25) is 5.15 Å². The molecule has 206 valence electrons. The van der Waals surface area contributed by atoms with Crippen molar-refractivity contribution in [2.75, 3.05) is 32.7 Å². The minimum atomic E-state index is -0.117. The van der Waals surface area contributed by atoms with Gasteiger partial charge in [0, 0.05) is 51.2 Å². The lowest BCUT2D eigenvalue weighted by Crippen LogP contribution is -2.51. The Balaban J connectivity index is 1.28. The van der Waals surface area contributed by atoms with Crippen LogP contribution in [-0.4, -0.2) is 82.2 Å². The van der Waals surface area contributed by atoms with Crippen LogP contribution in [0.15, 0.2) is 22.9 Å².